The first kappa shape index (κ1) is 16.2. The Labute approximate surface area is 161 Å². The van der Waals surface area contributed by atoms with Gasteiger partial charge in [0.2, 0.25) is 0 Å². The number of nitrogens with zero attached hydrogens (tertiary/aromatic N) is 4. The first-order valence-electron chi connectivity index (χ1n) is 7.75. The van der Waals surface area contributed by atoms with E-state index >= 15 is 0 Å². The standard InChI is InChI=1S/C16H15BrIN5O/c17-10-5-1-2-6-11(10)20-14-13-15(22-16(18)21-14)23(9-19-13)12-7-3-4-8-24-12/h1-2,5-6,9,12H,3-4,7-8H2,(H,20,21,22). The molecule has 1 aliphatic rings. The SMILES string of the molecule is Brc1ccccc1Nc1nc(I)nc2c1ncn2C1CCCCO1. The van der Waals surface area contributed by atoms with Crippen molar-refractivity contribution in [1.82, 2.24) is 19.5 Å². The highest BCUT2D eigenvalue weighted by atomic mass is 127. The minimum atomic E-state index is 0.00533. The van der Waals surface area contributed by atoms with Crippen LogP contribution in [0.4, 0.5) is 11.5 Å². The summed E-state index contributed by atoms with van der Waals surface area (Å²) in [6, 6.07) is 7.93. The Hall–Kier alpha value is -1.26. The van der Waals surface area contributed by atoms with Crippen LogP contribution in [0.2, 0.25) is 0 Å². The average molecular weight is 500 g/mol. The second kappa shape index (κ2) is 6.93. The van der Waals surface area contributed by atoms with Crippen molar-refractivity contribution < 1.29 is 4.74 Å². The van der Waals surface area contributed by atoms with Gasteiger partial charge in [0.05, 0.1) is 12.0 Å². The fourth-order valence-electron chi connectivity index (χ4n) is 2.82. The lowest BCUT2D eigenvalue weighted by Crippen LogP contribution is -2.18. The van der Waals surface area contributed by atoms with Gasteiger partial charge in [0.15, 0.2) is 20.8 Å². The van der Waals surface area contributed by atoms with E-state index in [2.05, 4.69) is 58.8 Å². The van der Waals surface area contributed by atoms with E-state index in [1.165, 1.54) is 0 Å². The molecule has 1 aromatic carbocycles. The fraction of sp³-hybridized carbons (Fsp3) is 0.312. The van der Waals surface area contributed by atoms with E-state index in [0.717, 1.165) is 47.2 Å². The molecule has 8 heteroatoms. The highest BCUT2D eigenvalue weighted by Gasteiger charge is 2.21. The first-order valence-corrected chi connectivity index (χ1v) is 9.63. The van der Waals surface area contributed by atoms with Crippen LogP contribution in [0.5, 0.6) is 0 Å². The Bertz CT molecular complexity index is 878. The predicted molar refractivity (Wildman–Crippen MR) is 104 cm³/mol. The maximum Gasteiger partial charge on any atom is 0.194 e. The summed E-state index contributed by atoms with van der Waals surface area (Å²) in [6.45, 7) is 0.786. The van der Waals surface area contributed by atoms with Crippen LogP contribution < -0.4 is 5.32 Å². The van der Waals surface area contributed by atoms with Gasteiger partial charge in [-0.25, -0.2) is 15.0 Å². The van der Waals surface area contributed by atoms with Crippen LogP contribution in [-0.2, 0) is 4.74 Å². The number of halogens is 2. The van der Waals surface area contributed by atoms with Gasteiger partial charge in [0.25, 0.3) is 0 Å². The number of aromatic nitrogens is 4. The largest absolute Gasteiger partial charge is 0.358 e. The van der Waals surface area contributed by atoms with Gasteiger partial charge >= 0.3 is 0 Å². The summed E-state index contributed by atoms with van der Waals surface area (Å²) in [6.07, 6.45) is 5.07. The zero-order valence-corrected chi connectivity index (χ0v) is 16.5. The molecular formula is C16H15BrIN5O. The molecule has 6 nitrogen and oxygen atoms in total. The van der Waals surface area contributed by atoms with Gasteiger partial charge in [0, 0.05) is 33.7 Å². The van der Waals surface area contributed by atoms with Gasteiger partial charge in [-0.1, -0.05) is 12.1 Å². The monoisotopic (exact) mass is 499 g/mol. The summed E-state index contributed by atoms with van der Waals surface area (Å²) in [5, 5.41) is 3.35. The number of hydrogen-bond donors (Lipinski definition) is 1. The van der Waals surface area contributed by atoms with Gasteiger partial charge in [-0.2, -0.15) is 0 Å². The lowest BCUT2D eigenvalue weighted by Gasteiger charge is -2.23. The van der Waals surface area contributed by atoms with E-state index in [-0.39, 0.29) is 6.23 Å². The number of fused-ring (bicyclic) bond motifs is 1. The van der Waals surface area contributed by atoms with E-state index in [0.29, 0.717) is 9.65 Å². The van der Waals surface area contributed by atoms with E-state index in [1.807, 2.05) is 28.8 Å². The van der Waals surface area contributed by atoms with E-state index in [1.54, 1.807) is 6.33 Å². The Kier molecular flexibility index (Phi) is 4.68. The summed E-state index contributed by atoms with van der Waals surface area (Å²) < 4.78 is 9.54. The summed E-state index contributed by atoms with van der Waals surface area (Å²) >= 11 is 5.68. The first-order chi connectivity index (χ1) is 11.7. The number of imidazole rings is 1. The zero-order chi connectivity index (χ0) is 16.5. The lowest BCUT2D eigenvalue weighted by atomic mass is 10.2. The van der Waals surface area contributed by atoms with E-state index in [4.69, 9.17) is 4.74 Å². The second-order valence-corrected chi connectivity index (χ2v) is 7.41. The van der Waals surface area contributed by atoms with Crippen LogP contribution in [0, 0.1) is 3.83 Å². The minimum absolute atomic E-state index is 0.00533. The van der Waals surface area contributed by atoms with E-state index in [9.17, 15) is 0 Å². The third-order valence-corrected chi connectivity index (χ3v) is 5.16. The molecule has 0 radical (unpaired) electrons. The molecule has 4 rings (SSSR count). The number of rotatable bonds is 3. The molecule has 1 saturated heterocycles. The summed E-state index contributed by atoms with van der Waals surface area (Å²) in [4.78, 5) is 13.6. The van der Waals surface area contributed by atoms with E-state index < -0.39 is 0 Å². The number of nitrogens with one attached hydrogen (secondary N) is 1. The molecule has 0 aliphatic carbocycles. The Balaban J connectivity index is 1.76. The molecule has 1 N–H and O–H groups in total. The molecule has 2 aromatic heterocycles. The molecule has 0 bridgehead atoms. The molecule has 3 heterocycles. The molecule has 3 aromatic rings. The van der Waals surface area contributed by atoms with Crippen LogP contribution in [0.1, 0.15) is 25.5 Å². The number of benzene rings is 1. The molecule has 1 unspecified atom stereocenters. The predicted octanol–water partition coefficient (Wildman–Crippen LogP) is 4.64. The van der Waals surface area contributed by atoms with Gasteiger partial charge in [-0.05, 0) is 47.3 Å². The molecular weight excluding hydrogens is 485 g/mol. The third kappa shape index (κ3) is 3.14. The maximum absolute atomic E-state index is 5.88. The van der Waals surface area contributed by atoms with Crippen LogP contribution >= 0.6 is 38.5 Å². The Morgan fingerprint density at radius 3 is 2.92 bits per heavy atom. The van der Waals surface area contributed by atoms with Crippen LogP contribution in [0.3, 0.4) is 0 Å². The van der Waals surface area contributed by atoms with Crippen LogP contribution in [0.15, 0.2) is 35.1 Å². The highest BCUT2D eigenvalue weighted by molar-refractivity contribution is 14.1. The van der Waals surface area contributed by atoms with Crippen LogP contribution in [-0.4, -0.2) is 26.1 Å². The van der Waals surface area contributed by atoms with Crippen molar-refractivity contribution in [3.63, 3.8) is 0 Å². The smallest absolute Gasteiger partial charge is 0.194 e. The number of hydrogen-bond acceptors (Lipinski definition) is 5. The molecule has 0 saturated carbocycles. The summed E-state index contributed by atoms with van der Waals surface area (Å²) in [7, 11) is 0. The summed E-state index contributed by atoms with van der Waals surface area (Å²) in [5.74, 6) is 0.700. The summed E-state index contributed by atoms with van der Waals surface area (Å²) in [5.41, 5.74) is 2.49. The molecule has 0 amide bonds. The van der Waals surface area contributed by atoms with Gasteiger partial charge in [-0.15, -0.1) is 0 Å². The van der Waals surface area contributed by atoms with Crippen molar-refractivity contribution in [2.45, 2.75) is 25.5 Å². The third-order valence-electron chi connectivity index (χ3n) is 3.99. The Morgan fingerprint density at radius 2 is 2.12 bits per heavy atom. The number of ether oxygens (including phenoxy) is 1. The molecule has 1 fully saturated rings. The molecule has 1 atom stereocenters. The molecule has 124 valence electrons. The number of anilines is 2. The van der Waals surface area contributed by atoms with Crippen molar-refractivity contribution in [3.05, 3.63) is 38.9 Å². The maximum atomic E-state index is 5.88. The number of para-hydroxylation sites is 1. The second-order valence-electron chi connectivity index (χ2n) is 5.59. The van der Waals surface area contributed by atoms with Gasteiger partial charge in [0.1, 0.15) is 6.23 Å². The van der Waals surface area contributed by atoms with Crippen molar-refractivity contribution in [1.29, 1.82) is 0 Å². The van der Waals surface area contributed by atoms with Gasteiger partial charge < -0.3 is 10.1 Å². The van der Waals surface area contributed by atoms with Crippen molar-refractivity contribution >= 4 is 61.2 Å². The lowest BCUT2D eigenvalue weighted by molar-refractivity contribution is -0.0298. The van der Waals surface area contributed by atoms with Crippen molar-refractivity contribution in [3.8, 4) is 0 Å². The van der Waals surface area contributed by atoms with Crippen molar-refractivity contribution in [2.75, 3.05) is 11.9 Å². The normalized spacial score (nSPS) is 18.0. The van der Waals surface area contributed by atoms with Crippen molar-refractivity contribution in [2.24, 2.45) is 0 Å². The molecule has 24 heavy (non-hydrogen) atoms. The highest BCUT2D eigenvalue weighted by Crippen LogP contribution is 2.31. The fourth-order valence-corrected chi connectivity index (χ4v) is 3.67. The quantitative estimate of drug-likeness (QED) is 0.420. The molecule has 0 spiro atoms. The van der Waals surface area contributed by atoms with Crippen LogP contribution in [0.25, 0.3) is 11.2 Å². The Morgan fingerprint density at radius 1 is 1.25 bits per heavy atom. The van der Waals surface area contributed by atoms with Gasteiger partial charge in [-0.3, -0.25) is 4.57 Å². The minimum Gasteiger partial charge on any atom is -0.358 e. The average Bonchev–Trinajstić information content (AvgIpc) is 3.01. The molecule has 1 aliphatic heterocycles. The zero-order valence-electron chi connectivity index (χ0n) is 12.7. The topological polar surface area (TPSA) is 64.9 Å².